The molecule has 0 spiro atoms. The Morgan fingerprint density at radius 1 is 0.971 bits per heavy atom. The lowest BCUT2D eigenvalue weighted by molar-refractivity contribution is 0.102. The fourth-order valence-electron chi connectivity index (χ4n) is 3.68. The fraction of sp³-hybridized carbons (Fsp3) is 0.160. The first-order chi connectivity index (χ1) is 16.6. The number of nitrogens with zero attached hydrogens (tertiary/aromatic N) is 3. The van der Waals surface area contributed by atoms with Crippen LogP contribution in [0, 0.1) is 20.8 Å². The molecule has 0 unspecified atom stereocenters. The van der Waals surface area contributed by atoms with Gasteiger partial charge in [-0.2, -0.15) is 0 Å². The van der Waals surface area contributed by atoms with Crippen LogP contribution in [-0.2, 0) is 17.1 Å². The van der Waals surface area contributed by atoms with Crippen molar-refractivity contribution in [3.8, 4) is 5.69 Å². The number of nitrogens with one attached hydrogen (secondary N) is 2. The second kappa shape index (κ2) is 9.22. The molecular formula is C25H25N5O4S. The zero-order valence-electron chi connectivity index (χ0n) is 19.7. The van der Waals surface area contributed by atoms with E-state index in [9.17, 15) is 18.0 Å². The molecule has 1 amide bonds. The van der Waals surface area contributed by atoms with Gasteiger partial charge in [0.05, 0.1) is 16.3 Å². The average molecular weight is 492 g/mol. The summed E-state index contributed by atoms with van der Waals surface area (Å²) in [7, 11) is -2.49. The van der Waals surface area contributed by atoms with Crippen LogP contribution in [0.5, 0.6) is 0 Å². The summed E-state index contributed by atoms with van der Waals surface area (Å²) >= 11 is 0. The third-order valence-corrected chi connectivity index (χ3v) is 7.06. The molecule has 4 aromatic rings. The molecule has 0 atom stereocenters. The van der Waals surface area contributed by atoms with Gasteiger partial charge in [0, 0.05) is 18.8 Å². The van der Waals surface area contributed by atoms with Gasteiger partial charge in [0.15, 0.2) is 0 Å². The van der Waals surface area contributed by atoms with Gasteiger partial charge in [0.2, 0.25) is 0 Å². The Morgan fingerprint density at radius 2 is 1.69 bits per heavy atom. The van der Waals surface area contributed by atoms with Gasteiger partial charge in [0.25, 0.3) is 21.5 Å². The van der Waals surface area contributed by atoms with Crippen LogP contribution in [-0.4, -0.2) is 28.7 Å². The number of anilines is 2. The number of aryl methyl sites for hydroxylation is 2. The Hall–Kier alpha value is -4.18. The molecule has 2 heterocycles. The molecule has 0 fully saturated rings. The number of benzene rings is 2. The van der Waals surface area contributed by atoms with Crippen LogP contribution in [0.2, 0.25) is 0 Å². The molecule has 0 bridgehead atoms. The summed E-state index contributed by atoms with van der Waals surface area (Å²) in [5.41, 5.74) is 2.18. The molecule has 2 aromatic heterocycles. The summed E-state index contributed by atoms with van der Waals surface area (Å²) in [4.78, 5) is 30.0. The Morgan fingerprint density at radius 3 is 2.37 bits per heavy atom. The van der Waals surface area contributed by atoms with Gasteiger partial charge in [-0.05, 0) is 68.3 Å². The number of sulfonamides is 1. The van der Waals surface area contributed by atoms with Crippen LogP contribution in [0.4, 0.5) is 11.5 Å². The Bertz CT molecular complexity index is 1590. The summed E-state index contributed by atoms with van der Waals surface area (Å²) in [6.45, 7) is 5.24. The monoisotopic (exact) mass is 491 g/mol. The minimum Gasteiger partial charge on any atom is -0.307 e. The van der Waals surface area contributed by atoms with E-state index in [0.29, 0.717) is 22.8 Å². The lowest BCUT2D eigenvalue weighted by Gasteiger charge is -2.11. The summed E-state index contributed by atoms with van der Waals surface area (Å²) in [6, 6.07) is 16.7. The highest BCUT2D eigenvalue weighted by molar-refractivity contribution is 7.92. The lowest BCUT2D eigenvalue weighted by Crippen LogP contribution is -2.23. The van der Waals surface area contributed by atoms with E-state index in [1.54, 1.807) is 74.2 Å². The highest BCUT2D eigenvalue weighted by Gasteiger charge is 2.24. The summed E-state index contributed by atoms with van der Waals surface area (Å²) in [5.74, 6) is -0.123. The molecule has 0 aliphatic rings. The highest BCUT2D eigenvalue weighted by Crippen LogP contribution is 2.22. The SMILES string of the molecule is Cc1ccnc(NC(=O)c2cc(S(=O)(=O)Nc3c(C)n(C)n(-c4ccccc4)c3=O)ccc2C)c1. The first-order valence-electron chi connectivity index (χ1n) is 10.8. The summed E-state index contributed by atoms with van der Waals surface area (Å²) in [5, 5.41) is 2.69. The maximum absolute atomic E-state index is 13.2. The third-order valence-electron chi connectivity index (χ3n) is 5.71. The zero-order chi connectivity index (χ0) is 25.3. The van der Waals surface area contributed by atoms with Crippen LogP contribution in [0.25, 0.3) is 5.69 Å². The van der Waals surface area contributed by atoms with Gasteiger partial charge in [-0.1, -0.05) is 24.3 Å². The first-order valence-corrected chi connectivity index (χ1v) is 12.3. The van der Waals surface area contributed by atoms with E-state index in [-0.39, 0.29) is 16.1 Å². The molecule has 0 radical (unpaired) electrons. The number of hydrogen-bond acceptors (Lipinski definition) is 5. The van der Waals surface area contributed by atoms with E-state index in [2.05, 4.69) is 15.0 Å². The number of pyridine rings is 1. The highest BCUT2D eigenvalue weighted by atomic mass is 32.2. The number of aromatic nitrogens is 3. The van der Waals surface area contributed by atoms with E-state index >= 15 is 0 Å². The molecule has 4 rings (SSSR count). The van der Waals surface area contributed by atoms with Crippen LogP contribution in [0.1, 0.15) is 27.2 Å². The van der Waals surface area contributed by atoms with Crippen LogP contribution in [0.15, 0.2) is 76.6 Å². The molecule has 9 nitrogen and oxygen atoms in total. The molecule has 0 saturated heterocycles. The Balaban J connectivity index is 1.68. The zero-order valence-corrected chi connectivity index (χ0v) is 20.6. The Kier molecular flexibility index (Phi) is 6.31. The topological polar surface area (TPSA) is 115 Å². The van der Waals surface area contributed by atoms with Crippen molar-refractivity contribution in [3.05, 3.63) is 99.6 Å². The lowest BCUT2D eigenvalue weighted by atomic mass is 10.1. The standard InChI is InChI=1S/C25H25N5O4S/c1-16-12-13-26-22(14-16)27-24(31)21-15-20(11-10-17(21)2)35(33,34)28-23-18(3)29(4)30(25(23)32)19-8-6-5-7-9-19/h5-15,28H,1-4H3,(H,26,27,31). The van der Waals surface area contributed by atoms with E-state index in [1.807, 2.05) is 13.0 Å². The van der Waals surface area contributed by atoms with Crippen molar-refractivity contribution in [2.24, 2.45) is 7.05 Å². The fourth-order valence-corrected chi connectivity index (χ4v) is 4.82. The molecule has 10 heteroatoms. The van der Waals surface area contributed by atoms with Crippen molar-refractivity contribution in [2.75, 3.05) is 10.0 Å². The smallest absolute Gasteiger partial charge is 0.296 e. The second-order valence-electron chi connectivity index (χ2n) is 8.19. The van der Waals surface area contributed by atoms with Crippen LogP contribution >= 0.6 is 0 Å². The molecule has 2 N–H and O–H groups in total. The van der Waals surface area contributed by atoms with E-state index in [1.165, 1.54) is 16.8 Å². The predicted molar refractivity (Wildman–Crippen MR) is 135 cm³/mol. The normalized spacial score (nSPS) is 11.3. The number of rotatable bonds is 6. The van der Waals surface area contributed by atoms with E-state index in [4.69, 9.17) is 0 Å². The molecule has 2 aromatic carbocycles. The molecule has 0 aliphatic carbocycles. The molecule has 0 saturated carbocycles. The van der Waals surface area contributed by atoms with Crippen molar-refractivity contribution in [1.29, 1.82) is 0 Å². The van der Waals surface area contributed by atoms with Crippen molar-refractivity contribution in [1.82, 2.24) is 14.3 Å². The van der Waals surface area contributed by atoms with Gasteiger partial charge in [-0.15, -0.1) is 0 Å². The average Bonchev–Trinajstić information content (AvgIpc) is 3.02. The molecule has 35 heavy (non-hydrogen) atoms. The minimum absolute atomic E-state index is 0.0631. The summed E-state index contributed by atoms with van der Waals surface area (Å²) < 4.78 is 31.9. The van der Waals surface area contributed by atoms with Gasteiger partial charge >= 0.3 is 0 Å². The van der Waals surface area contributed by atoms with Crippen molar-refractivity contribution < 1.29 is 13.2 Å². The van der Waals surface area contributed by atoms with E-state index < -0.39 is 21.5 Å². The first kappa shape index (κ1) is 24.0. The van der Waals surface area contributed by atoms with Crippen molar-refractivity contribution >= 4 is 27.4 Å². The third kappa shape index (κ3) is 4.73. The van der Waals surface area contributed by atoms with Crippen molar-refractivity contribution in [2.45, 2.75) is 25.7 Å². The molecule has 0 aliphatic heterocycles. The van der Waals surface area contributed by atoms with Gasteiger partial charge in [-0.25, -0.2) is 18.1 Å². The van der Waals surface area contributed by atoms with Gasteiger partial charge < -0.3 is 5.32 Å². The van der Waals surface area contributed by atoms with Gasteiger partial charge in [0.1, 0.15) is 11.5 Å². The number of amides is 1. The van der Waals surface area contributed by atoms with Crippen molar-refractivity contribution in [3.63, 3.8) is 0 Å². The predicted octanol–water partition coefficient (Wildman–Crippen LogP) is 3.55. The number of carbonyl (C=O) groups is 1. The maximum Gasteiger partial charge on any atom is 0.296 e. The maximum atomic E-state index is 13.2. The number of para-hydroxylation sites is 1. The minimum atomic E-state index is -4.17. The quantitative estimate of drug-likeness (QED) is 0.428. The summed E-state index contributed by atoms with van der Waals surface area (Å²) in [6.07, 6.45) is 1.58. The molecule has 180 valence electrons. The van der Waals surface area contributed by atoms with Crippen LogP contribution in [0.3, 0.4) is 0 Å². The van der Waals surface area contributed by atoms with E-state index in [0.717, 1.165) is 5.56 Å². The Labute approximate surface area is 203 Å². The number of carbonyl (C=O) groups excluding carboxylic acids is 1. The van der Waals surface area contributed by atoms with Crippen LogP contribution < -0.4 is 15.6 Å². The second-order valence-corrected chi connectivity index (χ2v) is 9.87. The largest absolute Gasteiger partial charge is 0.307 e. The number of hydrogen-bond donors (Lipinski definition) is 2. The molecular weight excluding hydrogens is 466 g/mol. The van der Waals surface area contributed by atoms with Gasteiger partial charge in [-0.3, -0.25) is 19.0 Å².